The Hall–Kier alpha value is -1.63. The number of carbonyl (C=O) groups is 3. The van der Waals surface area contributed by atoms with E-state index in [1.54, 1.807) is 0 Å². The molecule has 8 aliphatic rings. The molecule has 0 spiro atoms. The van der Waals surface area contributed by atoms with E-state index in [4.69, 9.17) is 14.2 Å². The molecule has 8 rings (SSSR count). The van der Waals surface area contributed by atoms with Gasteiger partial charge in [-0.1, -0.05) is 0 Å². The van der Waals surface area contributed by atoms with E-state index < -0.39 is 24.0 Å². The summed E-state index contributed by atoms with van der Waals surface area (Å²) in [5.74, 6) is -0.0161. The highest BCUT2D eigenvalue weighted by molar-refractivity contribution is 5.86. The second-order valence-electron chi connectivity index (χ2n) is 14.9. The van der Waals surface area contributed by atoms with Gasteiger partial charge in [0.25, 0.3) is 0 Å². The molecular weight excluding hydrogens is 458 g/mol. The largest absolute Gasteiger partial charge is 0.462 e. The number of rotatable bonds is 4. The SMILES string of the molecule is CC1(C)CC(OC(=O)C2C3CC4C(OC(=O)C42)C3OC(=O)C23CC4CC(CC(C4)C2)C3)CC(C)(C)N1. The van der Waals surface area contributed by atoms with Crippen molar-refractivity contribution in [2.45, 2.75) is 115 Å². The summed E-state index contributed by atoms with van der Waals surface area (Å²) in [4.78, 5) is 40.2. The van der Waals surface area contributed by atoms with E-state index in [9.17, 15) is 14.4 Å². The molecule has 0 aromatic carbocycles. The second-order valence-corrected chi connectivity index (χ2v) is 14.9. The molecule has 2 heterocycles. The quantitative estimate of drug-likeness (QED) is 0.465. The molecule has 7 nitrogen and oxygen atoms in total. The predicted molar refractivity (Wildman–Crippen MR) is 129 cm³/mol. The average Bonchev–Trinajstić information content (AvgIpc) is 3.34. The molecule has 1 N–H and O–H groups in total. The zero-order valence-electron chi connectivity index (χ0n) is 22.1. The normalized spacial score (nSPS) is 49.2. The number of fused-ring (bicyclic) bond motifs is 1. The van der Waals surface area contributed by atoms with Crippen LogP contribution in [0.3, 0.4) is 0 Å². The first-order valence-electron chi connectivity index (χ1n) is 14.3. The van der Waals surface area contributed by atoms with Crippen molar-refractivity contribution < 1.29 is 28.6 Å². The van der Waals surface area contributed by atoms with Crippen molar-refractivity contribution in [1.29, 1.82) is 0 Å². The van der Waals surface area contributed by atoms with Crippen LogP contribution in [0.15, 0.2) is 0 Å². The summed E-state index contributed by atoms with van der Waals surface area (Å²) in [5, 5.41) is 3.63. The Labute approximate surface area is 213 Å². The van der Waals surface area contributed by atoms with Gasteiger partial charge in [-0.2, -0.15) is 0 Å². The lowest BCUT2D eigenvalue weighted by molar-refractivity contribution is -0.188. The van der Waals surface area contributed by atoms with Crippen molar-refractivity contribution in [2.75, 3.05) is 0 Å². The molecule has 6 aliphatic carbocycles. The maximum Gasteiger partial charge on any atom is 0.312 e. The van der Waals surface area contributed by atoms with Gasteiger partial charge in [0.1, 0.15) is 18.3 Å². The van der Waals surface area contributed by atoms with Crippen molar-refractivity contribution >= 4 is 17.9 Å². The number of nitrogens with one attached hydrogen (secondary N) is 1. The Bertz CT molecular complexity index is 950. The molecule has 2 saturated heterocycles. The molecule has 6 atom stereocenters. The molecule has 36 heavy (non-hydrogen) atoms. The number of esters is 3. The van der Waals surface area contributed by atoms with Crippen molar-refractivity contribution in [3.8, 4) is 0 Å². The maximum absolute atomic E-state index is 13.7. The van der Waals surface area contributed by atoms with E-state index in [-0.39, 0.29) is 52.3 Å². The maximum atomic E-state index is 13.7. The smallest absolute Gasteiger partial charge is 0.312 e. The molecule has 198 valence electrons. The minimum atomic E-state index is -0.573. The molecule has 8 fully saturated rings. The third-order valence-corrected chi connectivity index (χ3v) is 11.0. The van der Waals surface area contributed by atoms with Gasteiger partial charge < -0.3 is 19.5 Å². The Morgan fingerprint density at radius 2 is 1.42 bits per heavy atom. The average molecular weight is 500 g/mol. The molecule has 0 amide bonds. The monoisotopic (exact) mass is 499 g/mol. The van der Waals surface area contributed by atoms with Gasteiger partial charge in [-0.3, -0.25) is 14.4 Å². The Morgan fingerprint density at radius 1 is 0.833 bits per heavy atom. The first kappa shape index (κ1) is 23.5. The van der Waals surface area contributed by atoms with Crippen LogP contribution in [0, 0.1) is 46.8 Å². The summed E-state index contributed by atoms with van der Waals surface area (Å²) >= 11 is 0. The Balaban J connectivity index is 1.09. The summed E-state index contributed by atoms with van der Waals surface area (Å²) in [7, 11) is 0. The van der Waals surface area contributed by atoms with Crippen molar-refractivity contribution in [3.63, 3.8) is 0 Å². The number of piperidine rings is 1. The van der Waals surface area contributed by atoms with E-state index in [1.807, 2.05) is 0 Å². The Kier molecular flexibility index (Phi) is 4.88. The second kappa shape index (κ2) is 7.48. The van der Waals surface area contributed by atoms with Crippen molar-refractivity contribution in [2.24, 2.45) is 46.8 Å². The fraction of sp³-hybridized carbons (Fsp3) is 0.897. The lowest BCUT2D eigenvalue weighted by atomic mass is 9.49. The van der Waals surface area contributed by atoms with Gasteiger partial charge in [-0.25, -0.2) is 0 Å². The molecule has 7 heteroatoms. The first-order chi connectivity index (χ1) is 16.9. The zero-order valence-corrected chi connectivity index (χ0v) is 22.1. The first-order valence-corrected chi connectivity index (χ1v) is 14.3. The number of carbonyl (C=O) groups excluding carboxylic acids is 3. The van der Waals surface area contributed by atoms with Gasteiger partial charge >= 0.3 is 17.9 Å². The lowest BCUT2D eigenvalue weighted by Crippen LogP contribution is -2.60. The third-order valence-electron chi connectivity index (χ3n) is 11.0. The van der Waals surface area contributed by atoms with Crippen LogP contribution >= 0.6 is 0 Å². The molecule has 2 aliphatic heterocycles. The van der Waals surface area contributed by atoms with E-state index >= 15 is 0 Å². The summed E-state index contributed by atoms with van der Waals surface area (Å²) in [5.41, 5.74) is -0.649. The minimum Gasteiger partial charge on any atom is -0.462 e. The van der Waals surface area contributed by atoms with Crippen molar-refractivity contribution in [1.82, 2.24) is 5.32 Å². The molecule has 6 bridgehead atoms. The molecule has 0 aromatic rings. The van der Waals surface area contributed by atoms with Crippen LogP contribution in [-0.2, 0) is 28.6 Å². The molecule has 0 radical (unpaired) electrons. The molecular formula is C29H41NO6. The fourth-order valence-corrected chi connectivity index (χ4v) is 10.6. The minimum absolute atomic E-state index is 0.0462. The summed E-state index contributed by atoms with van der Waals surface area (Å²) in [6.45, 7) is 8.52. The van der Waals surface area contributed by atoms with Crippen LogP contribution in [0.2, 0.25) is 0 Å². The number of hydrogen-bond donors (Lipinski definition) is 1. The highest BCUT2D eigenvalue weighted by Gasteiger charge is 2.71. The lowest BCUT2D eigenvalue weighted by Gasteiger charge is -2.55. The van der Waals surface area contributed by atoms with Gasteiger partial charge in [-0.05, 0) is 90.4 Å². The Morgan fingerprint density at radius 3 is 2.00 bits per heavy atom. The van der Waals surface area contributed by atoms with E-state index in [2.05, 4.69) is 33.0 Å². The van der Waals surface area contributed by atoms with Gasteiger partial charge in [0.2, 0.25) is 0 Å². The highest BCUT2D eigenvalue weighted by atomic mass is 16.6. The van der Waals surface area contributed by atoms with Gasteiger partial charge in [0.15, 0.2) is 0 Å². The van der Waals surface area contributed by atoms with Crippen LogP contribution in [0.4, 0.5) is 0 Å². The van der Waals surface area contributed by atoms with Crippen LogP contribution < -0.4 is 5.32 Å². The zero-order chi connectivity index (χ0) is 25.2. The van der Waals surface area contributed by atoms with Gasteiger partial charge in [0.05, 0.1) is 17.3 Å². The van der Waals surface area contributed by atoms with Crippen LogP contribution in [0.25, 0.3) is 0 Å². The van der Waals surface area contributed by atoms with Crippen LogP contribution in [-0.4, -0.2) is 47.3 Å². The van der Waals surface area contributed by atoms with Crippen LogP contribution in [0.5, 0.6) is 0 Å². The number of hydrogen-bond acceptors (Lipinski definition) is 7. The predicted octanol–water partition coefficient (Wildman–Crippen LogP) is 3.77. The van der Waals surface area contributed by atoms with E-state index in [0.29, 0.717) is 24.2 Å². The van der Waals surface area contributed by atoms with Gasteiger partial charge in [-0.15, -0.1) is 0 Å². The standard InChI is InChI=1S/C29H41NO6/c1-27(2)12-17(13-28(3,4)30-27)34-24(31)20-19-8-18-21(20)25(32)35-22(18)23(19)36-26(33)29-9-14-5-15(10-29)7-16(6-14)11-29/h14-23,30H,5-13H2,1-4H3. The number of ether oxygens (including phenoxy) is 3. The van der Waals surface area contributed by atoms with Crippen LogP contribution in [0.1, 0.15) is 85.5 Å². The summed E-state index contributed by atoms with van der Waals surface area (Å²) in [6, 6.07) is 0. The topological polar surface area (TPSA) is 90.9 Å². The van der Waals surface area contributed by atoms with Gasteiger partial charge in [0, 0.05) is 35.8 Å². The molecule has 0 aromatic heterocycles. The van der Waals surface area contributed by atoms with E-state index in [0.717, 1.165) is 32.1 Å². The van der Waals surface area contributed by atoms with E-state index in [1.165, 1.54) is 19.3 Å². The molecule has 6 unspecified atom stereocenters. The van der Waals surface area contributed by atoms with Crippen molar-refractivity contribution in [3.05, 3.63) is 0 Å². The summed E-state index contributed by atoms with van der Waals surface area (Å²) in [6.07, 6.45) is 7.66. The highest BCUT2D eigenvalue weighted by Crippen LogP contribution is 2.62. The summed E-state index contributed by atoms with van der Waals surface area (Å²) < 4.78 is 18.2. The third kappa shape index (κ3) is 3.50. The fourth-order valence-electron chi connectivity index (χ4n) is 10.6. The molecule has 6 saturated carbocycles.